The second-order valence-corrected chi connectivity index (χ2v) is 11.6. The number of hydrogen-bond donors (Lipinski definition) is 7. The van der Waals surface area contributed by atoms with E-state index in [9.17, 15) is 33.9 Å². The number of carboxylic acids is 1. The van der Waals surface area contributed by atoms with Crippen molar-refractivity contribution >= 4 is 59.0 Å². The van der Waals surface area contributed by atoms with E-state index in [2.05, 4.69) is 33.6 Å². The first kappa shape index (κ1) is 33.1. The number of carbonyl (C=O) groups excluding carboxylic acids is 5. The van der Waals surface area contributed by atoms with Crippen LogP contribution in [0.25, 0.3) is 10.9 Å². The highest BCUT2D eigenvalue weighted by Crippen LogP contribution is 2.26. The Balaban J connectivity index is 1.51. The largest absolute Gasteiger partial charge is 0.481 e. The van der Waals surface area contributed by atoms with Crippen molar-refractivity contribution in [3.05, 3.63) is 71.9 Å². The summed E-state index contributed by atoms with van der Waals surface area (Å²) < 4.78 is 0. The van der Waals surface area contributed by atoms with Crippen LogP contribution in [0.1, 0.15) is 30.9 Å². The number of benzene rings is 2. The van der Waals surface area contributed by atoms with Crippen molar-refractivity contribution in [1.82, 2.24) is 25.8 Å². The number of aromatic nitrogens is 1. The van der Waals surface area contributed by atoms with E-state index in [-0.39, 0.29) is 19.4 Å². The number of thiol groups is 1. The van der Waals surface area contributed by atoms with Crippen molar-refractivity contribution in [3.8, 4) is 0 Å². The summed E-state index contributed by atoms with van der Waals surface area (Å²) >= 11 is 4.51. The van der Waals surface area contributed by atoms with E-state index in [1.54, 1.807) is 36.5 Å². The van der Waals surface area contributed by atoms with E-state index in [0.29, 0.717) is 12.0 Å². The van der Waals surface area contributed by atoms with Gasteiger partial charge in [0.25, 0.3) is 0 Å². The number of nitrogens with two attached hydrogens (primary N) is 1. The molecule has 3 aromatic rings. The molecule has 14 heteroatoms. The molecule has 13 nitrogen and oxygen atoms in total. The number of para-hydroxylation sites is 1. The summed E-state index contributed by atoms with van der Waals surface area (Å²) in [6.07, 6.45) is 1.50. The van der Waals surface area contributed by atoms with Crippen LogP contribution in [0.4, 0.5) is 0 Å². The second kappa shape index (κ2) is 14.8. The van der Waals surface area contributed by atoms with Gasteiger partial charge in [0, 0.05) is 48.7 Å². The van der Waals surface area contributed by atoms with Crippen LogP contribution in [-0.4, -0.2) is 86.5 Å². The van der Waals surface area contributed by atoms with Gasteiger partial charge >= 0.3 is 5.97 Å². The third-order valence-electron chi connectivity index (χ3n) is 7.65. The number of nitrogens with zero attached hydrogens (tertiary/aromatic N) is 1. The third-order valence-corrected chi connectivity index (χ3v) is 8.19. The number of likely N-dealkylation sites (tertiary alicyclic amines) is 1. The summed E-state index contributed by atoms with van der Waals surface area (Å²) in [5, 5.41) is 17.3. The first-order valence-electron chi connectivity index (χ1n) is 14.4. The van der Waals surface area contributed by atoms with Gasteiger partial charge in [0.15, 0.2) is 0 Å². The van der Waals surface area contributed by atoms with Gasteiger partial charge in [0.2, 0.25) is 29.5 Å². The van der Waals surface area contributed by atoms with Crippen LogP contribution in [0.15, 0.2) is 60.8 Å². The number of carbonyl (C=O) groups is 6. The predicted molar refractivity (Wildman–Crippen MR) is 168 cm³/mol. The number of aromatic amines is 1. The minimum atomic E-state index is -1.58. The monoisotopic (exact) mass is 636 g/mol. The van der Waals surface area contributed by atoms with Crippen molar-refractivity contribution in [2.24, 2.45) is 5.73 Å². The number of primary amides is 1. The molecule has 238 valence electrons. The molecule has 1 aromatic heterocycles. The molecule has 0 aliphatic carbocycles. The topological polar surface area (TPSA) is 204 Å². The zero-order chi connectivity index (χ0) is 32.7. The molecule has 2 heterocycles. The molecule has 4 rings (SSSR count). The van der Waals surface area contributed by atoms with E-state index in [0.717, 1.165) is 16.5 Å². The molecule has 0 saturated carbocycles. The smallest absolute Gasteiger partial charge is 0.305 e. The van der Waals surface area contributed by atoms with Gasteiger partial charge in [-0.15, -0.1) is 0 Å². The quantitative estimate of drug-likeness (QED) is 0.131. The normalized spacial score (nSPS) is 18.0. The lowest BCUT2D eigenvalue weighted by molar-refractivity contribution is -0.143. The van der Waals surface area contributed by atoms with Crippen LogP contribution in [0.5, 0.6) is 0 Å². The lowest BCUT2D eigenvalue weighted by Gasteiger charge is -2.31. The Morgan fingerprint density at radius 1 is 0.956 bits per heavy atom. The van der Waals surface area contributed by atoms with Gasteiger partial charge in [0.1, 0.15) is 24.2 Å². The van der Waals surface area contributed by atoms with Crippen molar-refractivity contribution < 1.29 is 33.9 Å². The zero-order valence-electron chi connectivity index (χ0n) is 24.6. The molecular weight excluding hydrogens is 600 g/mol. The average molecular weight is 637 g/mol. The van der Waals surface area contributed by atoms with Gasteiger partial charge in [-0.3, -0.25) is 28.8 Å². The van der Waals surface area contributed by atoms with E-state index in [4.69, 9.17) is 5.73 Å². The fourth-order valence-corrected chi connectivity index (χ4v) is 5.90. The van der Waals surface area contributed by atoms with Crippen LogP contribution < -0.4 is 21.7 Å². The summed E-state index contributed by atoms with van der Waals surface area (Å²) in [6, 6.07) is 11.3. The Bertz CT molecular complexity index is 1580. The molecule has 0 unspecified atom stereocenters. The Hall–Kier alpha value is -4.85. The van der Waals surface area contributed by atoms with Gasteiger partial charge in [-0.1, -0.05) is 48.5 Å². The lowest BCUT2D eigenvalue weighted by atomic mass is 10.0. The van der Waals surface area contributed by atoms with Crippen molar-refractivity contribution in [1.29, 1.82) is 0 Å². The molecule has 1 saturated heterocycles. The third kappa shape index (κ3) is 8.41. The van der Waals surface area contributed by atoms with Crippen molar-refractivity contribution in [2.75, 3.05) is 6.54 Å². The summed E-state index contributed by atoms with van der Waals surface area (Å²) in [4.78, 5) is 81.0. The standard InChI is InChI=1S/C31H36N6O7S/c1-17(38)34-24(14-19-16-33-21-10-6-5-9-20(19)21)31(44)37-12-11-25(45)27(37)30(43)36-23(15-26(39)40)29(42)35-22(28(32)41)13-18-7-3-2-4-8-18/h2-10,16,22-25,27,33,45H,11-15H2,1H3,(H2,32,41)(H,34,38)(H,35,42)(H,36,43)(H,39,40)/t22-,23-,24-,25-,27+/m0/s1. The maximum atomic E-state index is 13.9. The molecule has 7 N–H and O–H groups in total. The number of rotatable bonds is 13. The molecule has 1 aliphatic rings. The predicted octanol–water partition coefficient (Wildman–Crippen LogP) is 0.287. The molecule has 5 atom stereocenters. The minimum Gasteiger partial charge on any atom is -0.481 e. The minimum absolute atomic E-state index is 0.0558. The lowest BCUT2D eigenvalue weighted by Crippen LogP contribution is -2.59. The van der Waals surface area contributed by atoms with Gasteiger partial charge < -0.3 is 36.7 Å². The van der Waals surface area contributed by atoms with Crippen LogP contribution in [0.2, 0.25) is 0 Å². The Labute approximate surface area is 264 Å². The summed E-state index contributed by atoms with van der Waals surface area (Å²) in [6.45, 7) is 1.43. The fourth-order valence-electron chi connectivity index (χ4n) is 5.49. The van der Waals surface area contributed by atoms with E-state index < -0.39 is 71.3 Å². The SMILES string of the molecule is CC(=O)N[C@@H](Cc1c[nH]c2ccccc12)C(=O)N1CC[C@H](S)[C@@H]1C(=O)N[C@@H](CC(=O)O)C(=O)N[C@@H](Cc1ccccc1)C(N)=O. The Morgan fingerprint density at radius 2 is 1.64 bits per heavy atom. The van der Waals surface area contributed by atoms with Crippen LogP contribution in [0, 0.1) is 0 Å². The first-order valence-corrected chi connectivity index (χ1v) is 14.9. The van der Waals surface area contributed by atoms with Gasteiger partial charge in [0.05, 0.1) is 6.42 Å². The number of H-pyrrole nitrogens is 1. The molecule has 2 aromatic carbocycles. The molecule has 5 amide bonds. The highest BCUT2D eigenvalue weighted by atomic mass is 32.1. The highest BCUT2D eigenvalue weighted by molar-refractivity contribution is 7.81. The van der Waals surface area contributed by atoms with E-state index in [1.807, 2.05) is 24.3 Å². The average Bonchev–Trinajstić information content (AvgIpc) is 3.59. The summed E-state index contributed by atoms with van der Waals surface area (Å²) in [7, 11) is 0. The molecule has 45 heavy (non-hydrogen) atoms. The molecule has 0 spiro atoms. The summed E-state index contributed by atoms with van der Waals surface area (Å²) in [5.74, 6) is -4.89. The van der Waals surface area contributed by atoms with Crippen molar-refractivity contribution in [2.45, 2.75) is 62.0 Å². The number of fused-ring (bicyclic) bond motifs is 1. The maximum absolute atomic E-state index is 13.9. The number of aliphatic carboxylic acids is 1. The van der Waals surface area contributed by atoms with Crippen LogP contribution in [0.3, 0.4) is 0 Å². The molecule has 1 fully saturated rings. The first-order chi connectivity index (χ1) is 21.4. The van der Waals surface area contributed by atoms with Crippen LogP contribution >= 0.6 is 12.6 Å². The van der Waals surface area contributed by atoms with Gasteiger partial charge in [-0.2, -0.15) is 12.6 Å². The molecule has 1 aliphatic heterocycles. The van der Waals surface area contributed by atoms with Crippen LogP contribution in [-0.2, 0) is 41.6 Å². The number of nitrogens with one attached hydrogen (secondary N) is 4. The Kier molecular flexibility index (Phi) is 10.8. The zero-order valence-corrected chi connectivity index (χ0v) is 25.5. The highest BCUT2D eigenvalue weighted by Gasteiger charge is 2.43. The second-order valence-electron chi connectivity index (χ2n) is 11.0. The number of carboxylic acid groups (broad SMARTS) is 1. The van der Waals surface area contributed by atoms with Gasteiger partial charge in [-0.05, 0) is 23.6 Å². The maximum Gasteiger partial charge on any atom is 0.305 e. The van der Waals surface area contributed by atoms with E-state index >= 15 is 0 Å². The summed E-state index contributed by atoms with van der Waals surface area (Å²) in [5.41, 5.74) is 7.86. The van der Waals surface area contributed by atoms with Gasteiger partial charge in [-0.25, -0.2) is 0 Å². The Morgan fingerprint density at radius 3 is 2.31 bits per heavy atom. The van der Waals surface area contributed by atoms with E-state index in [1.165, 1.54) is 11.8 Å². The molecular formula is C31H36N6O7S. The molecule has 0 radical (unpaired) electrons. The number of hydrogen-bond acceptors (Lipinski definition) is 7. The number of amides is 5. The van der Waals surface area contributed by atoms with Crippen molar-refractivity contribution in [3.63, 3.8) is 0 Å². The molecule has 0 bridgehead atoms. The fraction of sp³-hybridized carbons (Fsp3) is 0.355.